The number of carbonyl (C=O) groups excluding carboxylic acids is 2. The highest BCUT2D eigenvalue weighted by molar-refractivity contribution is 6.00. The van der Waals surface area contributed by atoms with Crippen LogP contribution in [0.2, 0.25) is 0 Å². The molecule has 0 amide bonds. The van der Waals surface area contributed by atoms with Crippen LogP contribution in [0.25, 0.3) is 0 Å². The lowest BCUT2D eigenvalue weighted by Crippen LogP contribution is -2.29. The van der Waals surface area contributed by atoms with E-state index in [1.54, 1.807) is 18.2 Å². The summed E-state index contributed by atoms with van der Waals surface area (Å²) in [5, 5.41) is 0. The zero-order valence-electron chi connectivity index (χ0n) is 13.4. The highest BCUT2D eigenvalue weighted by atomic mass is 16.5. The van der Waals surface area contributed by atoms with Crippen LogP contribution in [0.15, 0.2) is 48.5 Å². The minimum Gasteiger partial charge on any atom is -0.489 e. The van der Waals surface area contributed by atoms with Gasteiger partial charge in [0, 0.05) is 12.5 Å². The van der Waals surface area contributed by atoms with E-state index >= 15 is 0 Å². The van der Waals surface area contributed by atoms with E-state index in [0.717, 1.165) is 5.56 Å². The Morgan fingerprint density at radius 3 is 2.75 bits per heavy atom. The van der Waals surface area contributed by atoms with Crippen molar-refractivity contribution in [2.45, 2.75) is 25.6 Å². The highest BCUT2D eigenvalue weighted by Crippen LogP contribution is 2.32. The Morgan fingerprint density at radius 1 is 1.21 bits per heavy atom. The van der Waals surface area contributed by atoms with E-state index in [9.17, 15) is 9.59 Å². The smallest absolute Gasteiger partial charge is 0.309 e. The molecule has 0 bridgehead atoms. The van der Waals surface area contributed by atoms with E-state index in [1.165, 1.54) is 7.11 Å². The lowest BCUT2D eigenvalue weighted by Gasteiger charge is -2.24. The Kier molecular flexibility index (Phi) is 4.79. The number of ether oxygens (including phenoxy) is 3. The van der Waals surface area contributed by atoms with Crippen molar-refractivity contribution in [3.63, 3.8) is 0 Å². The van der Waals surface area contributed by atoms with Crippen molar-refractivity contribution < 1.29 is 23.8 Å². The van der Waals surface area contributed by atoms with Gasteiger partial charge in [-0.3, -0.25) is 9.59 Å². The number of Topliss-reactive ketones (excluding diaryl/α,β-unsaturated/α-hetero) is 1. The molecule has 1 heterocycles. The van der Waals surface area contributed by atoms with Crippen LogP contribution < -0.4 is 9.47 Å². The number of benzene rings is 2. The van der Waals surface area contributed by atoms with Crippen molar-refractivity contribution in [2.75, 3.05) is 7.11 Å². The molecule has 0 aliphatic carbocycles. The molecule has 124 valence electrons. The standard InChI is InChI=1S/C19H18O5/c1-22-19(21)11-15-9-17(20)16-8-7-14(10-18(16)24-15)23-12-13-5-3-2-4-6-13/h2-8,10,15H,9,11-12H2,1H3. The maximum absolute atomic E-state index is 12.2. The van der Waals surface area contributed by atoms with Crippen LogP contribution in [-0.2, 0) is 16.1 Å². The SMILES string of the molecule is COC(=O)CC1CC(=O)c2ccc(OCc3ccccc3)cc2O1. The third-order valence-electron chi connectivity index (χ3n) is 3.83. The van der Waals surface area contributed by atoms with Gasteiger partial charge in [-0.1, -0.05) is 30.3 Å². The summed E-state index contributed by atoms with van der Waals surface area (Å²) in [6.45, 7) is 0.430. The number of methoxy groups -OCH3 is 1. The summed E-state index contributed by atoms with van der Waals surface area (Å²) < 4.78 is 16.1. The molecule has 0 aromatic heterocycles. The lowest BCUT2D eigenvalue weighted by atomic mass is 9.99. The Hall–Kier alpha value is -2.82. The van der Waals surface area contributed by atoms with Crippen LogP contribution in [0.4, 0.5) is 0 Å². The molecule has 0 fully saturated rings. The van der Waals surface area contributed by atoms with Crippen LogP contribution in [-0.4, -0.2) is 25.0 Å². The van der Waals surface area contributed by atoms with Gasteiger partial charge in [-0.05, 0) is 17.7 Å². The largest absolute Gasteiger partial charge is 0.489 e. The summed E-state index contributed by atoms with van der Waals surface area (Å²) in [6.07, 6.45) is -0.273. The lowest BCUT2D eigenvalue weighted by molar-refractivity contribution is -0.142. The van der Waals surface area contributed by atoms with Gasteiger partial charge in [0.05, 0.1) is 19.1 Å². The fraction of sp³-hybridized carbons (Fsp3) is 0.263. The van der Waals surface area contributed by atoms with Crippen molar-refractivity contribution in [1.29, 1.82) is 0 Å². The topological polar surface area (TPSA) is 61.8 Å². The van der Waals surface area contributed by atoms with Crippen molar-refractivity contribution in [3.05, 3.63) is 59.7 Å². The van der Waals surface area contributed by atoms with Crippen molar-refractivity contribution in [1.82, 2.24) is 0 Å². The van der Waals surface area contributed by atoms with Gasteiger partial charge in [0.1, 0.15) is 24.2 Å². The molecule has 3 rings (SSSR count). The average molecular weight is 326 g/mol. The number of carbonyl (C=O) groups is 2. The minimum atomic E-state index is -0.498. The van der Waals surface area contributed by atoms with Gasteiger partial charge in [0.2, 0.25) is 0 Å². The summed E-state index contributed by atoms with van der Waals surface area (Å²) in [4.78, 5) is 23.6. The zero-order valence-corrected chi connectivity index (χ0v) is 13.4. The van der Waals surface area contributed by atoms with Gasteiger partial charge in [0.15, 0.2) is 5.78 Å². The van der Waals surface area contributed by atoms with Crippen LogP contribution in [0, 0.1) is 0 Å². The van der Waals surface area contributed by atoms with Crippen molar-refractivity contribution >= 4 is 11.8 Å². The Bertz CT molecular complexity index is 739. The summed E-state index contributed by atoms with van der Waals surface area (Å²) in [7, 11) is 1.32. The highest BCUT2D eigenvalue weighted by Gasteiger charge is 2.28. The van der Waals surface area contributed by atoms with Gasteiger partial charge in [0.25, 0.3) is 0 Å². The fourth-order valence-corrected chi connectivity index (χ4v) is 2.58. The third-order valence-corrected chi connectivity index (χ3v) is 3.83. The first-order valence-electron chi connectivity index (χ1n) is 7.73. The first kappa shape index (κ1) is 16.1. The third kappa shape index (κ3) is 3.74. The molecule has 5 heteroatoms. The predicted molar refractivity (Wildman–Crippen MR) is 87.2 cm³/mol. The first-order chi connectivity index (χ1) is 11.7. The van der Waals surface area contributed by atoms with Gasteiger partial charge in [-0.15, -0.1) is 0 Å². The van der Waals surface area contributed by atoms with Crippen LogP contribution in [0.3, 0.4) is 0 Å². The second kappa shape index (κ2) is 7.17. The van der Waals surface area contributed by atoms with Crippen LogP contribution in [0.1, 0.15) is 28.8 Å². The predicted octanol–water partition coefficient (Wildman–Crippen LogP) is 3.16. The van der Waals surface area contributed by atoms with Gasteiger partial charge >= 0.3 is 5.97 Å². The number of esters is 1. The van der Waals surface area contributed by atoms with E-state index < -0.39 is 12.1 Å². The molecule has 1 atom stereocenters. The normalized spacial score (nSPS) is 16.0. The Morgan fingerprint density at radius 2 is 2.00 bits per heavy atom. The van der Waals surface area contributed by atoms with Crippen LogP contribution in [0.5, 0.6) is 11.5 Å². The second-order valence-electron chi connectivity index (χ2n) is 5.58. The number of hydrogen-bond donors (Lipinski definition) is 0. The van der Waals surface area contributed by atoms with E-state index in [2.05, 4.69) is 4.74 Å². The fourth-order valence-electron chi connectivity index (χ4n) is 2.58. The monoisotopic (exact) mass is 326 g/mol. The van der Waals surface area contributed by atoms with Crippen molar-refractivity contribution in [2.24, 2.45) is 0 Å². The molecule has 0 spiro atoms. The van der Waals surface area contributed by atoms with Gasteiger partial charge in [-0.2, -0.15) is 0 Å². The molecule has 1 aliphatic heterocycles. The molecule has 1 aliphatic rings. The molecule has 0 saturated carbocycles. The summed E-state index contributed by atoms with van der Waals surface area (Å²) >= 11 is 0. The van der Waals surface area contributed by atoms with E-state index in [1.807, 2.05) is 30.3 Å². The van der Waals surface area contributed by atoms with E-state index in [-0.39, 0.29) is 18.6 Å². The Balaban J connectivity index is 1.71. The molecule has 2 aromatic rings. The van der Waals surface area contributed by atoms with Gasteiger partial charge < -0.3 is 14.2 Å². The first-order valence-corrected chi connectivity index (χ1v) is 7.73. The molecule has 2 aromatic carbocycles. The molecular weight excluding hydrogens is 308 g/mol. The number of rotatable bonds is 5. The molecule has 0 N–H and O–H groups in total. The quantitative estimate of drug-likeness (QED) is 0.790. The van der Waals surface area contributed by atoms with Crippen LogP contribution >= 0.6 is 0 Å². The molecule has 1 unspecified atom stereocenters. The number of hydrogen-bond acceptors (Lipinski definition) is 5. The second-order valence-corrected chi connectivity index (χ2v) is 5.58. The molecule has 5 nitrogen and oxygen atoms in total. The summed E-state index contributed by atoms with van der Waals surface area (Å²) in [6, 6.07) is 14.9. The number of ketones is 1. The summed E-state index contributed by atoms with van der Waals surface area (Å²) in [5.41, 5.74) is 1.57. The van der Waals surface area contributed by atoms with Gasteiger partial charge in [-0.25, -0.2) is 0 Å². The maximum Gasteiger partial charge on any atom is 0.309 e. The molecule has 0 saturated heterocycles. The number of fused-ring (bicyclic) bond motifs is 1. The van der Waals surface area contributed by atoms with E-state index in [0.29, 0.717) is 23.7 Å². The van der Waals surface area contributed by atoms with E-state index in [4.69, 9.17) is 9.47 Å². The maximum atomic E-state index is 12.2. The average Bonchev–Trinajstić information content (AvgIpc) is 2.60. The Labute approximate surface area is 140 Å². The zero-order chi connectivity index (χ0) is 16.9. The molecule has 0 radical (unpaired) electrons. The molecular formula is C19H18O5. The minimum absolute atomic E-state index is 0.0419. The molecule has 24 heavy (non-hydrogen) atoms. The summed E-state index contributed by atoms with van der Waals surface area (Å²) in [5.74, 6) is 0.627. The van der Waals surface area contributed by atoms with Crippen molar-refractivity contribution in [3.8, 4) is 11.5 Å².